The fraction of sp³-hybridized carbons (Fsp3) is 0.273. The number of aliphatic carboxylic acids is 1. The fourth-order valence-corrected chi connectivity index (χ4v) is 1.56. The van der Waals surface area contributed by atoms with Crippen LogP contribution in [-0.2, 0) is 21.0 Å². The summed E-state index contributed by atoms with van der Waals surface area (Å²) >= 11 is 1.02. The lowest BCUT2D eigenvalue weighted by Gasteiger charge is -2.05. The van der Waals surface area contributed by atoms with Crippen molar-refractivity contribution in [1.29, 1.82) is 0 Å². The van der Waals surface area contributed by atoms with Crippen LogP contribution in [-0.4, -0.2) is 28.5 Å². The van der Waals surface area contributed by atoms with Crippen molar-refractivity contribution in [2.45, 2.75) is 6.61 Å². The second kappa shape index (κ2) is 7.70. The normalized spacial score (nSPS) is 9.88. The third kappa shape index (κ3) is 6.60. The molecule has 2 N–H and O–H groups in total. The van der Waals surface area contributed by atoms with Crippen LogP contribution in [0.2, 0.25) is 0 Å². The van der Waals surface area contributed by atoms with E-state index in [0.29, 0.717) is 0 Å². The summed E-state index contributed by atoms with van der Waals surface area (Å²) in [6, 6.07) is 9.41. The summed E-state index contributed by atoms with van der Waals surface area (Å²) in [6.07, 6.45) is 0. The first-order valence-corrected chi connectivity index (χ1v) is 6.08. The highest BCUT2D eigenvalue weighted by Crippen LogP contribution is 2.00. The Morgan fingerprint density at radius 3 is 2.59 bits per heavy atom. The number of hydrogen-bond donors (Lipinski definition) is 2. The van der Waals surface area contributed by atoms with Crippen LogP contribution in [0.15, 0.2) is 30.3 Å². The van der Waals surface area contributed by atoms with Crippen LogP contribution in [0, 0.1) is 0 Å². The number of carboxylic acid groups (broad SMARTS) is 1. The molecule has 5 nitrogen and oxygen atoms in total. The maximum atomic E-state index is 11.2. The van der Waals surface area contributed by atoms with E-state index in [2.05, 4.69) is 5.48 Å². The van der Waals surface area contributed by atoms with Gasteiger partial charge in [0.2, 0.25) is 0 Å². The summed E-state index contributed by atoms with van der Waals surface area (Å²) in [5.41, 5.74) is 3.20. The van der Waals surface area contributed by atoms with Gasteiger partial charge in [-0.15, -0.1) is 11.8 Å². The predicted octanol–water partition coefficient (Wildman–Crippen LogP) is 1.05. The van der Waals surface area contributed by atoms with E-state index in [4.69, 9.17) is 9.94 Å². The van der Waals surface area contributed by atoms with Gasteiger partial charge < -0.3 is 5.11 Å². The zero-order chi connectivity index (χ0) is 12.5. The second-order valence-electron chi connectivity index (χ2n) is 3.19. The smallest absolute Gasteiger partial charge is 0.313 e. The molecule has 0 saturated carbocycles. The van der Waals surface area contributed by atoms with E-state index in [0.717, 1.165) is 17.3 Å². The first kappa shape index (κ1) is 13.5. The lowest BCUT2D eigenvalue weighted by atomic mass is 10.2. The molecule has 1 aromatic rings. The van der Waals surface area contributed by atoms with Gasteiger partial charge in [-0.2, -0.15) is 0 Å². The number of carbonyl (C=O) groups excluding carboxylic acids is 1. The molecule has 0 aromatic heterocycles. The predicted molar refractivity (Wildman–Crippen MR) is 64.3 cm³/mol. The first-order chi connectivity index (χ1) is 8.18. The monoisotopic (exact) mass is 255 g/mol. The van der Waals surface area contributed by atoms with Crippen molar-refractivity contribution in [1.82, 2.24) is 5.48 Å². The van der Waals surface area contributed by atoms with Gasteiger partial charge in [-0.3, -0.25) is 14.4 Å². The van der Waals surface area contributed by atoms with Gasteiger partial charge in [-0.05, 0) is 5.56 Å². The molecule has 1 rings (SSSR count). The van der Waals surface area contributed by atoms with E-state index >= 15 is 0 Å². The summed E-state index contributed by atoms with van der Waals surface area (Å²) in [6.45, 7) is 0.288. The molecule has 1 aromatic carbocycles. The molecule has 0 aliphatic carbocycles. The summed E-state index contributed by atoms with van der Waals surface area (Å²) < 4.78 is 0. The largest absolute Gasteiger partial charge is 0.481 e. The van der Waals surface area contributed by atoms with Gasteiger partial charge in [0, 0.05) is 0 Å². The molecule has 1 amide bonds. The van der Waals surface area contributed by atoms with E-state index in [1.54, 1.807) is 0 Å². The molecule has 0 fully saturated rings. The number of carboxylic acids is 1. The van der Waals surface area contributed by atoms with Crippen molar-refractivity contribution in [2.24, 2.45) is 0 Å². The van der Waals surface area contributed by atoms with Gasteiger partial charge in [0.1, 0.15) is 0 Å². The molecule has 92 valence electrons. The van der Waals surface area contributed by atoms with Gasteiger partial charge in [0.15, 0.2) is 0 Å². The highest BCUT2D eigenvalue weighted by molar-refractivity contribution is 8.00. The van der Waals surface area contributed by atoms with E-state index in [9.17, 15) is 9.59 Å². The molecular formula is C11H13NO4S. The van der Waals surface area contributed by atoms with Crippen molar-refractivity contribution in [2.75, 3.05) is 11.5 Å². The van der Waals surface area contributed by atoms with Crippen LogP contribution in [0.4, 0.5) is 0 Å². The topological polar surface area (TPSA) is 75.6 Å². The molecule has 0 heterocycles. The summed E-state index contributed by atoms with van der Waals surface area (Å²) in [5.74, 6) is -1.30. The second-order valence-corrected chi connectivity index (χ2v) is 4.17. The lowest BCUT2D eigenvalue weighted by Crippen LogP contribution is -2.25. The van der Waals surface area contributed by atoms with Crippen molar-refractivity contribution in [3.8, 4) is 0 Å². The number of rotatable bonds is 7. The minimum absolute atomic E-state index is 0.0705. The van der Waals surface area contributed by atoms with Gasteiger partial charge in [0.05, 0.1) is 18.1 Å². The molecule has 0 saturated heterocycles. The molecule has 17 heavy (non-hydrogen) atoms. The van der Waals surface area contributed by atoms with Crippen LogP contribution in [0.5, 0.6) is 0 Å². The van der Waals surface area contributed by atoms with Gasteiger partial charge in [0.25, 0.3) is 5.91 Å². The average Bonchev–Trinajstić information content (AvgIpc) is 2.30. The number of benzene rings is 1. The van der Waals surface area contributed by atoms with Gasteiger partial charge in [-0.1, -0.05) is 30.3 Å². The molecule has 0 unspecified atom stereocenters. The van der Waals surface area contributed by atoms with Crippen LogP contribution in [0.1, 0.15) is 5.56 Å². The van der Waals surface area contributed by atoms with Crippen LogP contribution in [0.25, 0.3) is 0 Å². The molecule has 6 heteroatoms. The minimum atomic E-state index is -0.937. The average molecular weight is 255 g/mol. The van der Waals surface area contributed by atoms with Crippen LogP contribution in [0.3, 0.4) is 0 Å². The van der Waals surface area contributed by atoms with E-state index in [1.807, 2.05) is 30.3 Å². The number of amides is 1. The Bertz CT molecular complexity index is 369. The molecule has 0 atom stereocenters. The van der Waals surface area contributed by atoms with E-state index in [1.165, 1.54) is 0 Å². The minimum Gasteiger partial charge on any atom is -0.481 e. The number of nitrogens with one attached hydrogen (secondary N) is 1. The third-order valence-corrected chi connectivity index (χ3v) is 2.64. The summed E-state index contributed by atoms with van der Waals surface area (Å²) in [5, 5.41) is 8.37. The van der Waals surface area contributed by atoms with Crippen molar-refractivity contribution in [3.05, 3.63) is 35.9 Å². The zero-order valence-corrected chi connectivity index (χ0v) is 9.90. The molecule has 0 bridgehead atoms. The SMILES string of the molecule is O=C(O)CSCC(=O)NOCc1ccccc1. The maximum absolute atomic E-state index is 11.2. The standard InChI is InChI=1S/C11H13NO4S/c13-10(7-17-8-11(14)15)12-16-6-9-4-2-1-3-5-9/h1-5H,6-8H2,(H,12,13)(H,14,15). The van der Waals surface area contributed by atoms with Gasteiger partial charge >= 0.3 is 5.97 Å². The zero-order valence-electron chi connectivity index (χ0n) is 9.09. The van der Waals surface area contributed by atoms with E-state index < -0.39 is 5.97 Å². The Kier molecular flexibility index (Phi) is 6.13. The fourth-order valence-electron chi connectivity index (χ4n) is 1.03. The summed E-state index contributed by atoms with van der Waals surface area (Å²) in [4.78, 5) is 26.3. The quantitative estimate of drug-likeness (QED) is 0.712. The Hall–Kier alpha value is -1.53. The number of carbonyl (C=O) groups is 2. The highest BCUT2D eigenvalue weighted by Gasteiger charge is 2.03. The van der Waals surface area contributed by atoms with Crippen LogP contribution >= 0.6 is 11.8 Å². The van der Waals surface area contributed by atoms with E-state index in [-0.39, 0.29) is 24.0 Å². The molecule has 0 aliphatic rings. The lowest BCUT2D eigenvalue weighted by molar-refractivity contribution is -0.133. The number of hydroxylamine groups is 1. The third-order valence-electron chi connectivity index (χ3n) is 1.73. The Morgan fingerprint density at radius 2 is 1.94 bits per heavy atom. The summed E-state index contributed by atoms with van der Waals surface area (Å²) in [7, 11) is 0. The highest BCUT2D eigenvalue weighted by atomic mass is 32.2. The Morgan fingerprint density at radius 1 is 1.24 bits per heavy atom. The molecule has 0 spiro atoms. The molecular weight excluding hydrogens is 242 g/mol. The van der Waals surface area contributed by atoms with Crippen LogP contribution < -0.4 is 5.48 Å². The molecule has 0 radical (unpaired) electrons. The van der Waals surface area contributed by atoms with Crippen molar-refractivity contribution in [3.63, 3.8) is 0 Å². The van der Waals surface area contributed by atoms with Crippen molar-refractivity contribution >= 4 is 23.6 Å². The maximum Gasteiger partial charge on any atom is 0.313 e. The Balaban J connectivity index is 2.10. The van der Waals surface area contributed by atoms with Gasteiger partial charge in [-0.25, -0.2) is 5.48 Å². The Labute approximate surface area is 103 Å². The number of thioether (sulfide) groups is 1. The number of hydrogen-bond acceptors (Lipinski definition) is 4. The first-order valence-electron chi connectivity index (χ1n) is 4.92. The molecule has 0 aliphatic heterocycles. The van der Waals surface area contributed by atoms with Crippen molar-refractivity contribution < 1.29 is 19.5 Å².